The number of esters is 1. The predicted molar refractivity (Wildman–Crippen MR) is 82.2 cm³/mol. The summed E-state index contributed by atoms with van der Waals surface area (Å²) in [6.07, 6.45) is -0.0148. The van der Waals surface area contributed by atoms with Crippen LogP contribution in [0.4, 0.5) is 0 Å². The molecule has 0 aromatic heterocycles. The average molecular weight is 306 g/mol. The Labute approximate surface area is 130 Å². The zero-order chi connectivity index (χ0) is 16.8. The Morgan fingerprint density at radius 3 is 2.23 bits per heavy atom. The van der Waals surface area contributed by atoms with Crippen LogP contribution in [0, 0.1) is 0 Å². The van der Waals surface area contributed by atoms with Crippen LogP contribution in [-0.4, -0.2) is 30.9 Å². The molecule has 1 rings (SSSR count). The van der Waals surface area contributed by atoms with E-state index in [0.29, 0.717) is 5.56 Å². The summed E-state index contributed by atoms with van der Waals surface area (Å²) in [7, 11) is 0. The van der Waals surface area contributed by atoms with Crippen LogP contribution >= 0.6 is 0 Å². The maximum atomic E-state index is 11.9. The molecule has 0 radical (unpaired) electrons. The monoisotopic (exact) mass is 306 g/mol. The van der Waals surface area contributed by atoms with Gasteiger partial charge in [-0.05, 0) is 23.1 Å². The molecule has 3 N–H and O–H groups in total. The van der Waals surface area contributed by atoms with Crippen molar-refractivity contribution in [2.75, 3.05) is 13.2 Å². The maximum absolute atomic E-state index is 11.9. The number of nitrogens with two attached hydrogens (primary N) is 1. The molecule has 0 bridgehead atoms. The van der Waals surface area contributed by atoms with E-state index in [1.807, 2.05) is 12.1 Å². The summed E-state index contributed by atoms with van der Waals surface area (Å²) >= 11 is 0. The molecule has 2 amide bonds. The molecule has 0 aliphatic heterocycles. The van der Waals surface area contributed by atoms with Gasteiger partial charge in [0.15, 0.2) is 6.61 Å². The van der Waals surface area contributed by atoms with Crippen LogP contribution in [0.5, 0.6) is 0 Å². The molecule has 120 valence electrons. The van der Waals surface area contributed by atoms with Gasteiger partial charge in [0.25, 0.3) is 11.8 Å². The van der Waals surface area contributed by atoms with Crippen LogP contribution in [0.1, 0.15) is 43.1 Å². The van der Waals surface area contributed by atoms with E-state index in [1.54, 1.807) is 12.1 Å². The Morgan fingerprint density at radius 2 is 1.73 bits per heavy atom. The maximum Gasteiger partial charge on any atom is 0.308 e. The third-order valence-corrected chi connectivity index (χ3v) is 3.00. The van der Waals surface area contributed by atoms with Gasteiger partial charge in [-0.3, -0.25) is 14.4 Å². The fraction of sp³-hybridized carbons (Fsp3) is 0.438. The van der Waals surface area contributed by atoms with Gasteiger partial charge >= 0.3 is 5.97 Å². The summed E-state index contributed by atoms with van der Waals surface area (Å²) in [5, 5.41) is 2.62. The highest BCUT2D eigenvalue weighted by molar-refractivity contribution is 5.94. The summed E-state index contributed by atoms with van der Waals surface area (Å²) in [6.45, 7) is 5.98. The Balaban J connectivity index is 2.43. The van der Waals surface area contributed by atoms with Crippen molar-refractivity contribution in [2.45, 2.75) is 32.6 Å². The Kier molecular flexibility index (Phi) is 6.10. The van der Waals surface area contributed by atoms with Crippen LogP contribution in [0.3, 0.4) is 0 Å². The van der Waals surface area contributed by atoms with Crippen LogP contribution in [0.25, 0.3) is 0 Å². The first kappa shape index (κ1) is 17.7. The van der Waals surface area contributed by atoms with E-state index < -0.39 is 18.5 Å². The first-order valence-corrected chi connectivity index (χ1v) is 7.03. The lowest BCUT2D eigenvalue weighted by Crippen LogP contribution is -2.28. The van der Waals surface area contributed by atoms with Crippen LogP contribution in [0.15, 0.2) is 24.3 Å². The summed E-state index contributed by atoms with van der Waals surface area (Å²) in [6, 6.07) is 7.33. The zero-order valence-electron chi connectivity index (χ0n) is 13.1. The fourth-order valence-electron chi connectivity index (χ4n) is 1.73. The first-order valence-electron chi connectivity index (χ1n) is 7.03. The van der Waals surface area contributed by atoms with Crippen molar-refractivity contribution in [3.63, 3.8) is 0 Å². The van der Waals surface area contributed by atoms with E-state index in [9.17, 15) is 14.4 Å². The molecule has 0 saturated carbocycles. The van der Waals surface area contributed by atoms with Crippen molar-refractivity contribution in [1.29, 1.82) is 0 Å². The van der Waals surface area contributed by atoms with Crippen LogP contribution in [0.2, 0.25) is 0 Å². The lowest BCUT2D eigenvalue weighted by molar-refractivity contribution is -0.147. The standard InChI is InChI=1S/C16H22N2O4/c1-16(2,3)12-6-4-11(5-7-12)15(21)18-9-8-14(20)22-10-13(17)19/h4-7H,8-10H2,1-3H3,(H2,17,19)(H,18,21). The van der Waals surface area contributed by atoms with E-state index in [4.69, 9.17) is 5.73 Å². The smallest absolute Gasteiger partial charge is 0.308 e. The van der Waals surface area contributed by atoms with E-state index in [-0.39, 0.29) is 24.3 Å². The predicted octanol–water partition coefficient (Wildman–Crippen LogP) is 1.13. The number of benzene rings is 1. The second-order valence-electron chi connectivity index (χ2n) is 5.96. The minimum Gasteiger partial charge on any atom is -0.456 e. The minimum atomic E-state index is -0.712. The third kappa shape index (κ3) is 5.95. The second kappa shape index (κ2) is 7.59. The van der Waals surface area contributed by atoms with Crippen molar-refractivity contribution in [3.8, 4) is 0 Å². The second-order valence-corrected chi connectivity index (χ2v) is 5.96. The van der Waals surface area contributed by atoms with Crippen LogP contribution < -0.4 is 11.1 Å². The molecule has 0 aliphatic carbocycles. The van der Waals surface area contributed by atoms with Crippen molar-refractivity contribution < 1.29 is 19.1 Å². The largest absolute Gasteiger partial charge is 0.456 e. The van der Waals surface area contributed by atoms with E-state index >= 15 is 0 Å². The lowest BCUT2D eigenvalue weighted by Gasteiger charge is -2.19. The van der Waals surface area contributed by atoms with Crippen molar-refractivity contribution >= 4 is 17.8 Å². The normalized spacial score (nSPS) is 10.9. The van der Waals surface area contributed by atoms with Gasteiger partial charge in [0.1, 0.15) is 0 Å². The van der Waals surface area contributed by atoms with Gasteiger partial charge in [-0.2, -0.15) is 0 Å². The molecule has 0 spiro atoms. The molecular weight excluding hydrogens is 284 g/mol. The number of hydrogen-bond acceptors (Lipinski definition) is 4. The first-order chi connectivity index (χ1) is 10.2. The highest BCUT2D eigenvalue weighted by Crippen LogP contribution is 2.22. The molecule has 6 nitrogen and oxygen atoms in total. The molecule has 0 atom stereocenters. The van der Waals surface area contributed by atoms with Crippen molar-refractivity contribution in [3.05, 3.63) is 35.4 Å². The molecule has 0 heterocycles. The van der Waals surface area contributed by atoms with Gasteiger partial charge in [0.05, 0.1) is 6.42 Å². The number of ether oxygens (including phenoxy) is 1. The minimum absolute atomic E-state index is 0.0148. The molecule has 0 saturated heterocycles. The molecule has 0 aliphatic rings. The average Bonchev–Trinajstić information content (AvgIpc) is 2.44. The van der Waals surface area contributed by atoms with Gasteiger partial charge in [-0.15, -0.1) is 0 Å². The van der Waals surface area contributed by atoms with E-state index in [0.717, 1.165) is 5.56 Å². The number of rotatable bonds is 6. The molecule has 1 aromatic carbocycles. The van der Waals surface area contributed by atoms with Gasteiger partial charge < -0.3 is 15.8 Å². The molecule has 22 heavy (non-hydrogen) atoms. The molecule has 1 aromatic rings. The van der Waals surface area contributed by atoms with Gasteiger partial charge in [-0.1, -0.05) is 32.9 Å². The highest BCUT2D eigenvalue weighted by Gasteiger charge is 2.14. The zero-order valence-corrected chi connectivity index (χ0v) is 13.1. The quantitative estimate of drug-likeness (QED) is 0.770. The van der Waals surface area contributed by atoms with Gasteiger partial charge in [0.2, 0.25) is 0 Å². The molecule has 0 fully saturated rings. The molecule has 0 unspecified atom stereocenters. The fourth-order valence-corrected chi connectivity index (χ4v) is 1.73. The van der Waals surface area contributed by atoms with Crippen LogP contribution in [-0.2, 0) is 19.7 Å². The Hall–Kier alpha value is -2.37. The van der Waals surface area contributed by atoms with Gasteiger partial charge in [-0.25, -0.2) is 0 Å². The van der Waals surface area contributed by atoms with E-state index in [1.165, 1.54) is 0 Å². The lowest BCUT2D eigenvalue weighted by atomic mass is 9.87. The number of hydrogen-bond donors (Lipinski definition) is 2. The summed E-state index contributed by atoms with van der Waals surface area (Å²) in [4.78, 5) is 33.6. The number of amides is 2. The SMILES string of the molecule is CC(C)(C)c1ccc(C(=O)NCCC(=O)OCC(N)=O)cc1. The summed E-state index contributed by atoms with van der Waals surface area (Å²) in [5.74, 6) is -1.55. The number of carbonyl (C=O) groups is 3. The Morgan fingerprint density at radius 1 is 1.14 bits per heavy atom. The third-order valence-electron chi connectivity index (χ3n) is 3.00. The summed E-state index contributed by atoms with van der Waals surface area (Å²) in [5.41, 5.74) is 6.54. The Bertz CT molecular complexity index is 544. The number of nitrogens with one attached hydrogen (secondary N) is 1. The van der Waals surface area contributed by atoms with Crippen molar-refractivity contribution in [2.24, 2.45) is 5.73 Å². The number of carbonyl (C=O) groups excluding carboxylic acids is 3. The van der Waals surface area contributed by atoms with E-state index in [2.05, 4.69) is 30.8 Å². The molecule has 6 heteroatoms. The van der Waals surface area contributed by atoms with Gasteiger partial charge in [0, 0.05) is 12.1 Å². The summed E-state index contributed by atoms with van der Waals surface area (Å²) < 4.78 is 4.58. The van der Waals surface area contributed by atoms with Crippen molar-refractivity contribution in [1.82, 2.24) is 5.32 Å². The highest BCUT2D eigenvalue weighted by atomic mass is 16.5. The topological polar surface area (TPSA) is 98.5 Å². The number of primary amides is 1. The molecular formula is C16H22N2O4.